The van der Waals surface area contributed by atoms with Gasteiger partial charge in [0.15, 0.2) is 11.6 Å². The van der Waals surface area contributed by atoms with Crippen LogP contribution in [0, 0.1) is 0 Å². The number of carbonyl (C=O) groups excluding carboxylic acids is 2. The number of fused-ring (bicyclic) bond motifs is 1. The van der Waals surface area contributed by atoms with E-state index in [9.17, 15) is 24.1 Å². The third kappa shape index (κ3) is 10.2. The number of carboxylic acids is 1. The predicted molar refractivity (Wildman–Crippen MR) is 190 cm³/mol. The molecule has 0 saturated heterocycles. The summed E-state index contributed by atoms with van der Waals surface area (Å²) in [7, 11) is -4.75. The molecule has 0 aliphatic carbocycles. The van der Waals surface area contributed by atoms with Crippen LogP contribution < -0.4 is 15.2 Å². The lowest BCUT2D eigenvalue weighted by Crippen LogP contribution is -2.65. The fourth-order valence-corrected chi connectivity index (χ4v) is 6.32. The van der Waals surface area contributed by atoms with E-state index in [0.29, 0.717) is 12.0 Å². The number of rotatable bonds is 18. The van der Waals surface area contributed by atoms with Crippen LogP contribution in [0.4, 0.5) is 0 Å². The molecule has 0 aliphatic heterocycles. The highest BCUT2D eigenvalue weighted by atomic mass is 31.2. The summed E-state index contributed by atoms with van der Waals surface area (Å²) in [6.07, 6.45) is 1.15. The molecule has 0 fully saturated rings. The van der Waals surface area contributed by atoms with Crippen molar-refractivity contribution in [3.63, 3.8) is 0 Å². The molecule has 0 bridgehead atoms. The van der Waals surface area contributed by atoms with Crippen molar-refractivity contribution in [2.24, 2.45) is 0 Å². The Morgan fingerprint density at radius 3 is 1.84 bits per heavy atom. The van der Waals surface area contributed by atoms with E-state index < -0.39 is 37.0 Å². The Kier molecular flexibility index (Phi) is 12.3. The summed E-state index contributed by atoms with van der Waals surface area (Å²) in [5, 5.41) is 18.9. The van der Waals surface area contributed by atoms with Gasteiger partial charge in [-0.2, -0.15) is 0 Å². The predicted octanol–water partition coefficient (Wildman–Crippen LogP) is 5.82. The zero-order valence-corrected chi connectivity index (χ0v) is 29.2. The van der Waals surface area contributed by atoms with Crippen LogP contribution in [0.15, 0.2) is 97.1 Å². The van der Waals surface area contributed by atoms with E-state index in [0.717, 1.165) is 21.9 Å². The van der Waals surface area contributed by atoms with Gasteiger partial charge < -0.3 is 9.63 Å². The molecular weight excluding hydrogens is 643 g/mol. The smallest absolute Gasteiger partial charge is 0.480 e. The standard InChI is InChI=1S/C38H45N2O8P/c1-5-37(3,34(41)25-28-16-19-29-14-10-11-15-30(29)22-28)39-32(23-26-12-8-7-9-13-26)35(42)38(4,6-2)40-33(36(43)44)24-27-17-20-31(21-18-27)48-49(45,46)47/h7-22,32-33,39-40H,5-6,23-25H2,1-4H3,(H,43,44)(H2,45,46,47). The monoisotopic (exact) mass is 688 g/mol. The van der Waals surface area contributed by atoms with Crippen LogP contribution in [0.5, 0.6) is 5.75 Å². The zero-order valence-electron chi connectivity index (χ0n) is 28.3. The number of carbonyl (C=O) groups is 3. The molecule has 0 aromatic heterocycles. The first kappa shape index (κ1) is 37.6. The van der Waals surface area contributed by atoms with Crippen LogP contribution in [-0.2, 0) is 38.2 Å². The van der Waals surface area contributed by atoms with Gasteiger partial charge >= 0.3 is 13.8 Å². The lowest BCUT2D eigenvalue weighted by Gasteiger charge is -2.39. The summed E-state index contributed by atoms with van der Waals surface area (Å²) in [4.78, 5) is 59.2. The van der Waals surface area contributed by atoms with Crippen LogP contribution in [-0.4, -0.2) is 55.6 Å². The fraction of sp³-hybridized carbons (Fsp3) is 0.342. The van der Waals surface area contributed by atoms with E-state index in [-0.39, 0.29) is 43.0 Å². The van der Waals surface area contributed by atoms with Gasteiger partial charge in [-0.05, 0) is 79.1 Å². The van der Waals surface area contributed by atoms with Crippen LogP contribution in [0.1, 0.15) is 57.2 Å². The van der Waals surface area contributed by atoms with Crippen molar-refractivity contribution in [3.05, 3.63) is 114 Å². The number of phosphoric ester groups is 1. The van der Waals surface area contributed by atoms with Gasteiger partial charge in [0.1, 0.15) is 11.8 Å². The first-order chi connectivity index (χ1) is 23.1. The van der Waals surface area contributed by atoms with Crippen molar-refractivity contribution in [2.75, 3.05) is 0 Å². The normalized spacial score (nSPS) is 15.5. The van der Waals surface area contributed by atoms with Crippen molar-refractivity contribution < 1.29 is 38.4 Å². The highest BCUT2D eigenvalue weighted by Crippen LogP contribution is 2.37. The topological polar surface area (TPSA) is 162 Å². The van der Waals surface area contributed by atoms with Crippen molar-refractivity contribution >= 4 is 36.1 Å². The molecule has 4 aromatic carbocycles. The quantitative estimate of drug-likeness (QED) is 0.0806. The van der Waals surface area contributed by atoms with Crippen molar-refractivity contribution in [1.82, 2.24) is 10.6 Å². The molecular formula is C38H45N2O8P. The molecule has 10 nitrogen and oxygen atoms in total. The molecule has 0 heterocycles. The second-order valence-electron chi connectivity index (χ2n) is 12.9. The average Bonchev–Trinajstić information content (AvgIpc) is 3.07. The van der Waals surface area contributed by atoms with Crippen molar-refractivity contribution in [3.8, 4) is 5.75 Å². The van der Waals surface area contributed by atoms with Gasteiger partial charge in [0.05, 0.1) is 17.1 Å². The lowest BCUT2D eigenvalue weighted by atomic mass is 9.82. The molecule has 0 aliphatic rings. The molecule has 4 atom stereocenters. The zero-order chi connectivity index (χ0) is 35.8. The Bertz CT molecular complexity index is 1810. The fourth-order valence-electron chi connectivity index (χ4n) is 5.93. The van der Waals surface area contributed by atoms with Crippen LogP contribution in [0.2, 0.25) is 0 Å². The third-order valence-electron chi connectivity index (χ3n) is 9.22. The van der Waals surface area contributed by atoms with Crippen molar-refractivity contribution in [2.45, 2.75) is 83.0 Å². The summed E-state index contributed by atoms with van der Waals surface area (Å²) in [6, 6.07) is 27.1. The summed E-state index contributed by atoms with van der Waals surface area (Å²) in [6.45, 7) is 7.21. The SMILES string of the molecule is CCC(C)(NC(Cc1ccccc1)C(=O)C(C)(CC)NC(Cc1ccc(OP(=O)(O)O)cc1)C(=O)O)C(=O)Cc1ccc2ccccc2c1. The van der Waals surface area contributed by atoms with Gasteiger partial charge in [0, 0.05) is 6.42 Å². The van der Waals surface area contributed by atoms with E-state index in [1.165, 1.54) is 24.3 Å². The molecule has 4 aromatic rings. The van der Waals surface area contributed by atoms with Crippen molar-refractivity contribution in [1.29, 1.82) is 0 Å². The number of ketones is 2. The van der Waals surface area contributed by atoms with Crippen LogP contribution in [0.25, 0.3) is 10.8 Å². The number of nitrogens with one attached hydrogen (secondary N) is 2. The number of hydrogen-bond acceptors (Lipinski definition) is 7. The third-order valence-corrected chi connectivity index (χ3v) is 9.67. The first-order valence-electron chi connectivity index (χ1n) is 16.4. The first-order valence-corrected chi connectivity index (χ1v) is 17.9. The average molecular weight is 689 g/mol. The highest BCUT2D eigenvalue weighted by molar-refractivity contribution is 7.46. The molecule has 11 heteroatoms. The van der Waals surface area contributed by atoms with Gasteiger partial charge in [-0.3, -0.25) is 34.8 Å². The van der Waals surface area contributed by atoms with E-state index in [4.69, 9.17) is 9.79 Å². The van der Waals surface area contributed by atoms with Gasteiger partial charge in [-0.25, -0.2) is 4.57 Å². The number of hydrogen-bond donors (Lipinski definition) is 5. The van der Waals surface area contributed by atoms with Gasteiger partial charge in [-0.15, -0.1) is 0 Å². The maximum atomic E-state index is 14.6. The summed E-state index contributed by atoms with van der Waals surface area (Å²) >= 11 is 0. The Morgan fingerprint density at radius 1 is 0.714 bits per heavy atom. The van der Waals surface area contributed by atoms with Gasteiger partial charge in [-0.1, -0.05) is 98.8 Å². The second kappa shape index (κ2) is 16.0. The number of phosphoric acid groups is 1. The number of Topliss-reactive ketones (excluding diaryl/α,β-unsaturated/α-hetero) is 2. The maximum Gasteiger partial charge on any atom is 0.524 e. The summed E-state index contributed by atoms with van der Waals surface area (Å²) in [5.41, 5.74) is -0.0322. The molecule has 49 heavy (non-hydrogen) atoms. The Hall–Kier alpha value is -4.18. The minimum atomic E-state index is -4.75. The molecule has 0 saturated carbocycles. The second-order valence-corrected chi connectivity index (χ2v) is 14.0. The largest absolute Gasteiger partial charge is 0.524 e. The maximum absolute atomic E-state index is 14.6. The van der Waals surface area contributed by atoms with Gasteiger partial charge in [0.25, 0.3) is 0 Å². The van der Waals surface area contributed by atoms with E-state index >= 15 is 0 Å². The minimum Gasteiger partial charge on any atom is -0.480 e. The number of carboxylic acid groups (broad SMARTS) is 1. The Morgan fingerprint density at radius 2 is 1.24 bits per heavy atom. The highest BCUT2D eigenvalue weighted by Gasteiger charge is 2.43. The molecule has 4 unspecified atom stereocenters. The molecule has 260 valence electrons. The van der Waals surface area contributed by atoms with E-state index in [2.05, 4.69) is 15.2 Å². The van der Waals surface area contributed by atoms with Gasteiger partial charge in [0.2, 0.25) is 0 Å². The van der Waals surface area contributed by atoms with Crippen LogP contribution in [0.3, 0.4) is 0 Å². The Labute approximate surface area is 287 Å². The van der Waals surface area contributed by atoms with E-state index in [1.54, 1.807) is 6.92 Å². The summed E-state index contributed by atoms with van der Waals surface area (Å²) in [5.74, 6) is -1.56. The summed E-state index contributed by atoms with van der Waals surface area (Å²) < 4.78 is 15.8. The molecule has 0 radical (unpaired) electrons. The molecule has 0 amide bonds. The van der Waals surface area contributed by atoms with Crippen LogP contribution >= 0.6 is 7.82 Å². The minimum absolute atomic E-state index is 0.0118. The number of benzene rings is 4. The lowest BCUT2D eigenvalue weighted by molar-refractivity contribution is -0.140. The number of aliphatic carboxylic acids is 1. The molecule has 5 N–H and O–H groups in total. The molecule has 4 rings (SSSR count). The molecule has 0 spiro atoms. The van der Waals surface area contributed by atoms with E-state index in [1.807, 2.05) is 93.6 Å². The Balaban J connectivity index is 1.59.